The first kappa shape index (κ1) is 19.4. The molecular weight excluding hydrogens is 384 g/mol. The summed E-state index contributed by atoms with van der Waals surface area (Å²) in [5, 5.41) is 7.28. The van der Waals surface area contributed by atoms with E-state index < -0.39 is 23.0 Å². The van der Waals surface area contributed by atoms with E-state index in [1.807, 2.05) is 0 Å². The molecule has 0 spiro atoms. The highest BCUT2D eigenvalue weighted by atomic mass is 35.5. The van der Waals surface area contributed by atoms with E-state index in [1.54, 1.807) is 62.4 Å². The highest BCUT2D eigenvalue weighted by Gasteiger charge is 2.30. The largest absolute Gasteiger partial charge is 0.478 e. The van der Waals surface area contributed by atoms with Gasteiger partial charge in [-0.1, -0.05) is 29.8 Å². The molecule has 0 aliphatic heterocycles. The number of aromatic nitrogens is 2. The second-order valence-electron chi connectivity index (χ2n) is 6.42. The first-order valence-corrected chi connectivity index (χ1v) is 8.68. The Labute approximate surface area is 164 Å². The van der Waals surface area contributed by atoms with Crippen LogP contribution in [0.2, 0.25) is 5.02 Å². The van der Waals surface area contributed by atoms with Gasteiger partial charge in [0, 0.05) is 10.4 Å². The van der Waals surface area contributed by atoms with Gasteiger partial charge in [0.2, 0.25) is 0 Å². The number of amides is 2. The van der Waals surface area contributed by atoms with E-state index in [9.17, 15) is 14.4 Å². The summed E-state index contributed by atoms with van der Waals surface area (Å²) >= 11 is 5.83. The van der Waals surface area contributed by atoms with Crippen LogP contribution in [-0.2, 0) is 4.79 Å². The maximum atomic E-state index is 12.4. The number of hydrazine groups is 1. The number of nitrogens with zero attached hydrogens (tertiary/aromatic N) is 1. The fourth-order valence-corrected chi connectivity index (χ4v) is 2.58. The minimum atomic E-state index is -1.28. The summed E-state index contributed by atoms with van der Waals surface area (Å²) in [7, 11) is 0. The number of H-pyrrole nitrogens is 1. The predicted molar refractivity (Wildman–Crippen MR) is 104 cm³/mol. The number of aromatic amines is 1. The van der Waals surface area contributed by atoms with Crippen molar-refractivity contribution in [2.75, 3.05) is 0 Å². The Bertz CT molecular complexity index is 1090. The van der Waals surface area contributed by atoms with Gasteiger partial charge in [-0.25, -0.2) is 5.10 Å². The molecule has 1 aromatic heterocycles. The predicted octanol–water partition coefficient (Wildman–Crippen LogP) is 2.20. The van der Waals surface area contributed by atoms with Gasteiger partial charge in [0.15, 0.2) is 11.3 Å². The van der Waals surface area contributed by atoms with Crippen LogP contribution in [0.15, 0.2) is 53.3 Å². The molecule has 3 rings (SSSR count). The number of carbonyl (C=O) groups is 2. The van der Waals surface area contributed by atoms with Gasteiger partial charge in [-0.2, -0.15) is 5.10 Å². The van der Waals surface area contributed by atoms with Crippen molar-refractivity contribution in [1.29, 1.82) is 0 Å². The number of rotatable bonds is 4. The zero-order valence-corrected chi connectivity index (χ0v) is 15.8. The van der Waals surface area contributed by atoms with E-state index in [0.29, 0.717) is 21.5 Å². The van der Waals surface area contributed by atoms with Gasteiger partial charge in [0.1, 0.15) is 5.75 Å². The van der Waals surface area contributed by atoms with Crippen LogP contribution in [0.25, 0.3) is 10.8 Å². The van der Waals surface area contributed by atoms with Crippen LogP contribution in [0.1, 0.15) is 24.3 Å². The molecule has 0 aliphatic rings. The number of nitrogens with one attached hydrogen (secondary N) is 3. The van der Waals surface area contributed by atoms with Crippen LogP contribution in [-0.4, -0.2) is 27.6 Å². The van der Waals surface area contributed by atoms with Crippen molar-refractivity contribution in [3.05, 3.63) is 69.6 Å². The molecule has 0 fully saturated rings. The molecule has 144 valence electrons. The molecule has 3 aromatic rings. The number of ether oxygens (including phenoxy) is 1. The number of fused-ring (bicyclic) bond motifs is 1. The van der Waals surface area contributed by atoms with Crippen molar-refractivity contribution in [1.82, 2.24) is 21.0 Å². The number of benzene rings is 2. The third-order valence-electron chi connectivity index (χ3n) is 3.93. The summed E-state index contributed by atoms with van der Waals surface area (Å²) in [6, 6.07) is 13.1. The zero-order valence-electron chi connectivity index (χ0n) is 15.1. The Balaban J connectivity index is 1.70. The van der Waals surface area contributed by atoms with Gasteiger partial charge >= 0.3 is 0 Å². The van der Waals surface area contributed by atoms with Crippen LogP contribution in [0.4, 0.5) is 0 Å². The van der Waals surface area contributed by atoms with E-state index in [-0.39, 0.29) is 5.69 Å². The lowest BCUT2D eigenvalue weighted by molar-refractivity contribution is -0.135. The molecular formula is C19H17ClN4O4. The highest BCUT2D eigenvalue weighted by molar-refractivity contribution is 6.30. The Morgan fingerprint density at radius 3 is 2.36 bits per heavy atom. The minimum Gasteiger partial charge on any atom is -0.478 e. The Morgan fingerprint density at radius 2 is 1.68 bits per heavy atom. The van der Waals surface area contributed by atoms with Gasteiger partial charge in [0.05, 0.1) is 5.39 Å². The average Bonchev–Trinajstić information content (AvgIpc) is 2.68. The summed E-state index contributed by atoms with van der Waals surface area (Å²) in [5.74, 6) is -0.809. The second kappa shape index (κ2) is 7.69. The Hall–Kier alpha value is -3.39. The molecule has 0 unspecified atom stereocenters. The van der Waals surface area contributed by atoms with Crippen molar-refractivity contribution in [2.24, 2.45) is 0 Å². The first-order valence-electron chi connectivity index (χ1n) is 8.31. The van der Waals surface area contributed by atoms with Gasteiger partial charge in [0.25, 0.3) is 17.4 Å². The summed E-state index contributed by atoms with van der Waals surface area (Å²) in [6.45, 7) is 3.10. The van der Waals surface area contributed by atoms with Crippen LogP contribution >= 0.6 is 11.6 Å². The maximum Gasteiger partial charge on any atom is 0.290 e. The van der Waals surface area contributed by atoms with Crippen LogP contribution in [0.3, 0.4) is 0 Å². The van der Waals surface area contributed by atoms with Gasteiger partial charge < -0.3 is 4.74 Å². The monoisotopic (exact) mass is 400 g/mol. The minimum absolute atomic E-state index is 0.0214. The molecule has 0 saturated carbocycles. The quantitative estimate of drug-likeness (QED) is 0.581. The number of hydrogen-bond acceptors (Lipinski definition) is 5. The van der Waals surface area contributed by atoms with Crippen molar-refractivity contribution >= 4 is 34.2 Å². The average molecular weight is 401 g/mol. The highest BCUT2D eigenvalue weighted by Crippen LogP contribution is 2.21. The summed E-state index contributed by atoms with van der Waals surface area (Å²) in [5.41, 5.74) is 2.89. The van der Waals surface area contributed by atoms with E-state index in [0.717, 1.165) is 0 Å². The lowest BCUT2D eigenvalue weighted by Gasteiger charge is -2.25. The smallest absolute Gasteiger partial charge is 0.290 e. The molecule has 8 nitrogen and oxygen atoms in total. The number of hydrogen-bond donors (Lipinski definition) is 3. The molecule has 3 N–H and O–H groups in total. The molecule has 0 saturated heterocycles. The fourth-order valence-electron chi connectivity index (χ4n) is 2.45. The molecule has 0 atom stereocenters. The van der Waals surface area contributed by atoms with Crippen LogP contribution < -0.4 is 21.1 Å². The topological polar surface area (TPSA) is 113 Å². The molecule has 28 heavy (non-hydrogen) atoms. The van der Waals surface area contributed by atoms with Gasteiger partial charge in [-0.15, -0.1) is 0 Å². The maximum absolute atomic E-state index is 12.4. The molecule has 0 radical (unpaired) electrons. The molecule has 1 heterocycles. The van der Waals surface area contributed by atoms with Gasteiger partial charge in [-0.05, 0) is 44.2 Å². The van der Waals surface area contributed by atoms with E-state index in [1.165, 1.54) is 0 Å². The van der Waals surface area contributed by atoms with E-state index in [4.69, 9.17) is 16.3 Å². The standard InChI is InChI=1S/C19H17ClN4O4/c1-19(2,28-12-9-7-11(20)8-10-12)18(27)24-23-17(26)15-13-5-3-4-6-14(13)16(25)22-21-15/h3-10H,1-2H3,(H,22,25)(H,23,26)(H,24,27). The Morgan fingerprint density at radius 1 is 1.04 bits per heavy atom. The summed E-state index contributed by atoms with van der Waals surface area (Å²) in [6.07, 6.45) is 0. The Kier molecular flexibility index (Phi) is 5.32. The third-order valence-corrected chi connectivity index (χ3v) is 4.19. The van der Waals surface area contributed by atoms with Crippen molar-refractivity contribution in [3.8, 4) is 5.75 Å². The van der Waals surface area contributed by atoms with Gasteiger partial charge in [-0.3, -0.25) is 25.2 Å². The molecule has 9 heteroatoms. The molecule has 2 aromatic carbocycles. The van der Waals surface area contributed by atoms with E-state index >= 15 is 0 Å². The summed E-state index contributed by atoms with van der Waals surface area (Å²) < 4.78 is 5.66. The lowest BCUT2D eigenvalue weighted by Crippen LogP contribution is -2.53. The van der Waals surface area contributed by atoms with Crippen molar-refractivity contribution < 1.29 is 14.3 Å². The third kappa shape index (κ3) is 4.12. The number of halogens is 1. The number of carbonyl (C=O) groups excluding carboxylic acids is 2. The molecule has 0 aliphatic carbocycles. The first-order chi connectivity index (χ1) is 13.3. The lowest BCUT2D eigenvalue weighted by atomic mass is 10.1. The van der Waals surface area contributed by atoms with Crippen LogP contribution in [0.5, 0.6) is 5.75 Å². The molecule has 0 bridgehead atoms. The molecule has 2 amide bonds. The van der Waals surface area contributed by atoms with Crippen molar-refractivity contribution in [3.63, 3.8) is 0 Å². The van der Waals surface area contributed by atoms with Crippen LogP contribution in [0, 0.1) is 0 Å². The van der Waals surface area contributed by atoms with E-state index in [2.05, 4.69) is 21.0 Å². The van der Waals surface area contributed by atoms with Crippen molar-refractivity contribution in [2.45, 2.75) is 19.4 Å². The SMILES string of the molecule is CC(C)(Oc1ccc(Cl)cc1)C(=O)NNC(=O)c1n[nH]c(=O)c2ccccc12. The summed E-state index contributed by atoms with van der Waals surface area (Å²) in [4.78, 5) is 36.7. The second-order valence-corrected chi connectivity index (χ2v) is 6.86. The normalized spacial score (nSPS) is 11.1. The zero-order chi connectivity index (χ0) is 20.3. The fraction of sp³-hybridized carbons (Fsp3) is 0.158.